The van der Waals surface area contributed by atoms with Crippen LogP contribution in [-0.4, -0.2) is 38.0 Å². The van der Waals surface area contributed by atoms with Crippen molar-refractivity contribution in [2.75, 3.05) is 32.1 Å². The summed E-state index contributed by atoms with van der Waals surface area (Å²) in [6.07, 6.45) is 3.27. The second-order valence-corrected chi connectivity index (χ2v) is 5.41. The van der Waals surface area contributed by atoms with Crippen molar-refractivity contribution >= 4 is 17.7 Å². The fourth-order valence-electron chi connectivity index (χ4n) is 2.06. The minimum atomic E-state index is -0.0536. The first kappa shape index (κ1) is 16.0. The molecule has 1 aromatic heterocycles. The number of para-hydroxylation sites is 1. The first-order valence-corrected chi connectivity index (χ1v) is 7.32. The number of amides is 1. The number of carbonyl (C=O) groups is 1. The lowest BCUT2D eigenvalue weighted by atomic mass is 10.2. The zero-order valence-electron chi connectivity index (χ0n) is 13.3. The molecule has 2 aromatic rings. The zero-order chi connectivity index (χ0) is 15.9. The number of nitrogens with zero attached hydrogens (tertiary/aromatic N) is 2. The van der Waals surface area contributed by atoms with Crippen LogP contribution in [0.3, 0.4) is 0 Å². The van der Waals surface area contributed by atoms with Gasteiger partial charge in [-0.1, -0.05) is 18.2 Å². The zero-order valence-corrected chi connectivity index (χ0v) is 13.3. The minimum Gasteiger partial charge on any atom is -0.462 e. The molecule has 0 atom stereocenters. The van der Waals surface area contributed by atoms with E-state index in [1.807, 2.05) is 63.5 Å². The Morgan fingerprint density at radius 3 is 2.41 bits per heavy atom. The molecule has 4 heteroatoms. The third kappa shape index (κ3) is 4.60. The highest BCUT2D eigenvalue weighted by molar-refractivity contribution is 6.03. The van der Waals surface area contributed by atoms with E-state index < -0.39 is 0 Å². The molecular weight excluding hydrogens is 276 g/mol. The van der Waals surface area contributed by atoms with Crippen molar-refractivity contribution in [1.29, 1.82) is 0 Å². The maximum absolute atomic E-state index is 12.5. The summed E-state index contributed by atoms with van der Waals surface area (Å²) in [7, 11) is 3.99. The third-order valence-electron chi connectivity index (χ3n) is 3.26. The molecule has 2 rings (SSSR count). The molecule has 0 aliphatic carbocycles. The van der Waals surface area contributed by atoms with Crippen molar-refractivity contribution in [1.82, 2.24) is 4.90 Å². The molecule has 0 saturated heterocycles. The molecule has 0 saturated carbocycles. The highest BCUT2D eigenvalue weighted by Crippen LogP contribution is 2.15. The first-order valence-electron chi connectivity index (χ1n) is 7.32. The number of aryl methyl sites for hydroxylation is 1. The monoisotopic (exact) mass is 298 g/mol. The molecule has 0 spiro atoms. The van der Waals surface area contributed by atoms with Crippen LogP contribution in [0.1, 0.15) is 11.5 Å². The van der Waals surface area contributed by atoms with Crippen LogP contribution in [0.25, 0.3) is 6.08 Å². The van der Waals surface area contributed by atoms with Gasteiger partial charge < -0.3 is 14.2 Å². The molecule has 0 fully saturated rings. The van der Waals surface area contributed by atoms with Gasteiger partial charge in [-0.2, -0.15) is 0 Å². The van der Waals surface area contributed by atoms with E-state index in [0.29, 0.717) is 12.3 Å². The van der Waals surface area contributed by atoms with Crippen LogP contribution >= 0.6 is 0 Å². The SMILES string of the molecule is Cc1ccc(C=CC(=O)N(CCN(C)C)c2ccccc2)o1. The van der Waals surface area contributed by atoms with Crippen LogP contribution in [0.4, 0.5) is 5.69 Å². The van der Waals surface area contributed by atoms with E-state index in [1.165, 1.54) is 0 Å². The Kier molecular flexibility index (Phi) is 5.55. The fourth-order valence-corrected chi connectivity index (χ4v) is 2.06. The quantitative estimate of drug-likeness (QED) is 0.769. The van der Waals surface area contributed by atoms with Crippen LogP contribution in [-0.2, 0) is 4.79 Å². The summed E-state index contributed by atoms with van der Waals surface area (Å²) in [5, 5.41) is 0. The molecule has 0 unspecified atom stereocenters. The molecule has 0 radical (unpaired) electrons. The highest BCUT2D eigenvalue weighted by Gasteiger charge is 2.13. The highest BCUT2D eigenvalue weighted by atomic mass is 16.3. The molecule has 4 nitrogen and oxygen atoms in total. The van der Waals surface area contributed by atoms with Crippen molar-refractivity contribution in [3.8, 4) is 0 Å². The molecule has 1 amide bonds. The maximum Gasteiger partial charge on any atom is 0.251 e. The Bertz CT molecular complexity index is 630. The molecule has 0 aliphatic heterocycles. The Balaban J connectivity index is 2.13. The first-order chi connectivity index (χ1) is 10.6. The summed E-state index contributed by atoms with van der Waals surface area (Å²) in [4.78, 5) is 16.3. The average Bonchev–Trinajstić information content (AvgIpc) is 2.92. The molecule has 0 bridgehead atoms. The van der Waals surface area contributed by atoms with Crippen molar-refractivity contribution in [3.05, 3.63) is 60.1 Å². The number of furan rings is 1. The van der Waals surface area contributed by atoms with E-state index in [0.717, 1.165) is 18.0 Å². The standard InChI is InChI=1S/C18H22N2O2/c1-15-9-10-17(22-15)11-12-18(21)20(14-13-19(2)3)16-7-5-4-6-8-16/h4-12H,13-14H2,1-3H3. The minimum absolute atomic E-state index is 0.0536. The van der Waals surface area contributed by atoms with Gasteiger partial charge >= 0.3 is 0 Å². The largest absolute Gasteiger partial charge is 0.462 e. The smallest absolute Gasteiger partial charge is 0.251 e. The van der Waals surface area contributed by atoms with Crippen LogP contribution < -0.4 is 4.90 Å². The van der Waals surface area contributed by atoms with Crippen LogP contribution in [0.2, 0.25) is 0 Å². The summed E-state index contributed by atoms with van der Waals surface area (Å²) in [6, 6.07) is 13.4. The van der Waals surface area contributed by atoms with E-state index in [9.17, 15) is 4.79 Å². The molecule has 116 valence electrons. The second kappa shape index (κ2) is 7.61. The van der Waals surface area contributed by atoms with E-state index in [4.69, 9.17) is 4.42 Å². The Hall–Kier alpha value is -2.33. The van der Waals surface area contributed by atoms with Crippen LogP contribution in [0.5, 0.6) is 0 Å². The molecule has 22 heavy (non-hydrogen) atoms. The van der Waals surface area contributed by atoms with E-state index in [-0.39, 0.29) is 5.91 Å². The molecule has 0 N–H and O–H groups in total. The number of benzene rings is 1. The van der Waals surface area contributed by atoms with Gasteiger partial charge in [-0.3, -0.25) is 4.79 Å². The number of carbonyl (C=O) groups excluding carboxylic acids is 1. The van der Waals surface area contributed by atoms with E-state index in [1.54, 1.807) is 17.1 Å². The van der Waals surface area contributed by atoms with Gasteiger partial charge in [0, 0.05) is 24.9 Å². The Morgan fingerprint density at radius 2 is 1.82 bits per heavy atom. The van der Waals surface area contributed by atoms with Crippen molar-refractivity contribution in [2.45, 2.75) is 6.92 Å². The fraction of sp³-hybridized carbons (Fsp3) is 0.278. The molecule has 0 aliphatic rings. The van der Waals surface area contributed by atoms with Crippen LogP contribution in [0.15, 0.2) is 53.0 Å². The summed E-state index contributed by atoms with van der Waals surface area (Å²) in [6.45, 7) is 3.32. The Morgan fingerprint density at radius 1 is 1.09 bits per heavy atom. The molecule has 1 heterocycles. The molecular formula is C18H22N2O2. The second-order valence-electron chi connectivity index (χ2n) is 5.41. The predicted octanol–water partition coefficient (Wildman–Crippen LogP) is 3.20. The number of rotatable bonds is 6. The van der Waals surface area contributed by atoms with Gasteiger partial charge in [0.05, 0.1) is 0 Å². The summed E-state index contributed by atoms with van der Waals surface area (Å²) < 4.78 is 5.45. The van der Waals surface area contributed by atoms with Gasteiger partial charge in [0.25, 0.3) is 5.91 Å². The summed E-state index contributed by atoms with van der Waals surface area (Å²) >= 11 is 0. The van der Waals surface area contributed by atoms with Crippen molar-refractivity contribution in [2.24, 2.45) is 0 Å². The van der Waals surface area contributed by atoms with Gasteiger partial charge in [0.15, 0.2) is 0 Å². The Labute approximate surface area is 131 Å². The molecule has 1 aromatic carbocycles. The predicted molar refractivity (Wildman–Crippen MR) is 89.8 cm³/mol. The summed E-state index contributed by atoms with van der Waals surface area (Å²) in [5.41, 5.74) is 0.898. The van der Waals surface area contributed by atoms with Gasteiger partial charge in [-0.25, -0.2) is 0 Å². The lowest BCUT2D eigenvalue weighted by Crippen LogP contribution is -2.35. The lowest BCUT2D eigenvalue weighted by molar-refractivity contribution is -0.114. The van der Waals surface area contributed by atoms with Gasteiger partial charge in [-0.15, -0.1) is 0 Å². The van der Waals surface area contributed by atoms with E-state index >= 15 is 0 Å². The van der Waals surface area contributed by atoms with Gasteiger partial charge in [0.2, 0.25) is 0 Å². The normalized spacial score (nSPS) is 11.3. The number of hydrogen-bond acceptors (Lipinski definition) is 3. The lowest BCUT2D eigenvalue weighted by Gasteiger charge is -2.23. The van der Waals surface area contributed by atoms with Crippen molar-refractivity contribution in [3.63, 3.8) is 0 Å². The topological polar surface area (TPSA) is 36.7 Å². The number of hydrogen-bond donors (Lipinski definition) is 0. The van der Waals surface area contributed by atoms with E-state index in [2.05, 4.69) is 4.90 Å². The maximum atomic E-state index is 12.5. The number of likely N-dealkylation sites (N-methyl/N-ethyl adjacent to an activating group) is 1. The average molecular weight is 298 g/mol. The van der Waals surface area contributed by atoms with Gasteiger partial charge in [-0.05, 0) is 51.4 Å². The summed E-state index contributed by atoms with van der Waals surface area (Å²) in [5.74, 6) is 1.47. The van der Waals surface area contributed by atoms with Gasteiger partial charge in [0.1, 0.15) is 11.5 Å². The number of anilines is 1. The van der Waals surface area contributed by atoms with Crippen molar-refractivity contribution < 1.29 is 9.21 Å². The van der Waals surface area contributed by atoms with Crippen LogP contribution in [0, 0.1) is 6.92 Å². The third-order valence-corrected chi connectivity index (χ3v) is 3.26.